The van der Waals surface area contributed by atoms with E-state index in [9.17, 15) is 4.79 Å². The molecule has 4 aliphatic carbocycles. The van der Waals surface area contributed by atoms with Crippen LogP contribution in [-0.2, 0) is 11.2 Å². The van der Waals surface area contributed by atoms with Crippen LogP contribution in [0.25, 0.3) is 0 Å². The van der Waals surface area contributed by atoms with Gasteiger partial charge in [-0.15, -0.1) is 11.3 Å². The molecule has 0 aromatic carbocycles. The van der Waals surface area contributed by atoms with Crippen LogP contribution in [0.5, 0.6) is 0 Å². The third kappa shape index (κ3) is 1.91. The molecule has 1 aromatic heterocycles. The Labute approximate surface area is 125 Å². The van der Waals surface area contributed by atoms with Crippen LogP contribution in [0.2, 0.25) is 0 Å². The summed E-state index contributed by atoms with van der Waals surface area (Å²) in [5, 5.41) is 2.09. The lowest BCUT2D eigenvalue weighted by atomic mass is 9.39. The first-order valence-electron chi connectivity index (χ1n) is 7.96. The van der Waals surface area contributed by atoms with Gasteiger partial charge in [-0.05, 0) is 66.7 Å². The maximum absolute atomic E-state index is 13.1. The van der Waals surface area contributed by atoms with Crippen LogP contribution in [0.3, 0.4) is 0 Å². The van der Waals surface area contributed by atoms with Crippen LogP contribution in [0.15, 0.2) is 17.5 Å². The molecule has 0 N–H and O–H groups in total. The van der Waals surface area contributed by atoms with Gasteiger partial charge in [0.05, 0.1) is 0 Å². The molecule has 1 heterocycles. The largest absolute Gasteiger partial charge is 0.299 e. The Hall–Kier alpha value is -0.630. The van der Waals surface area contributed by atoms with Gasteiger partial charge in [-0.3, -0.25) is 4.79 Å². The second-order valence-corrected chi connectivity index (χ2v) is 9.62. The molecule has 1 aromatic rings. The smallest absolute Gasteiger partial charge is 0.144 e. The number of Topliss-reactive ketones (excluding diaryl/α,β-unsaturated/α-hetero) is 1. The molecule has 2 heteroatoms. The zero-order valence-corrected chi connectivity index (χ0v) is 13.4. The molecule has 2 unspecified atom stereocenters. The van der Waals surface area contributed by atoms with Gasteiger partial charge in [0, 0.05) is 16.7 Å². The Morgan fingerprint density at radius 3 is 2.45 bits per heavy atom. The summed E-state index contributed by atoms with van der Waals surface area (Å²) < 4.78 is 0. The molecule has 0 spiro atoms. The topological polar surface area (TPSA) is 17.1 Å². The molecule has 0 radical (unpaired) electrons. The standard InChI is InChI=1S/C18H24OS/c1-16-7-13-8-17(2,10-16)12-18(9-13,11-16)15(19)6-14-4-3-5-20-14/h3-5,13H,6-12H2,1-2H3. The van der Waals surface area contributed by atoms with Crippen LogP contribution in [0.1, 0.15) is 57.2 Å². The van der Waals surface area contributed by atoms with E-state index < -0.39 is 0 Å². The third-order valence-electron chi connectivity index (χ3n) is 6.13. The van der Waals surface area contributed by atoms with Gasteiger partial charge >= 0.3 is 0 Å². The maximum Gasteiger partial charge on any atom is 0.144 e. The van der Waals surface area contributed by atoms with Crippen LogP contribution >= 0.6 is 11.3 Å². The van der Waals surface area contributed by atoms with Gasteiger partial charge in [0.15, 0.2) is 0 Å². The second-order valence-electron chi connectivity index (χ2n) is 8.59. The first-order chi connectivity index (χ1) is 9.41. The summed E-state index contributed by atoms with van der Waals surface area (Å²) in [6, 6.07) is 4.18. The van der Waals surface area contributed by atoms with Crippen molar-refractivity contribution >= 4 is 17.1 Å². The van der Waals surface area contributed by atoms with Crippen molar-refractivity contribution in [2.24, 2.45) is 22.2 Å². The molecule has 0 aliphatic heterocycles. The monoisotopic (exact) mass is 288 g/mol. The van der Waals surface area contributed by atoms with Crippen molar-refractivity contribution in [3.8, 4) is 0 Å². The second kappa shape index (κ2) is 3.97. The van der Waals surface area contributed by atoms with Crippen molar-refractivity contribution in [3.63, 3.8) is 0 Å². The molecule has 4 saturated carbocycles. The summed E-state index contributed by atoms with van der Waals surface area (Å²) in [7, 11) is 0. The first-order valence-corrected chi connectivity index (χ1v) is 8.84. The lowest BCUT2D eigenvalue weighted by Gasteiger charge is -2.64. The summed E-state index contributed by atoms with van der Waals surface area (Å²) >= 11 is 1.73. The fraction of sp³-hybridized carbons (Fsp3) is 0.722. The molecule has 20 heavy (non-hydrogen) atoms. The molecule has 0 saturated heterocycles. The minimum absolute atomic E-state index is 0.0207. The van der Waals surface area contributed by atoms with Gasteiger partial charge in [-0.1, -0.05) is 19.9 Å². The predicted octanol–water partition coefficient (Wildman–Crippen LogP) is 4.86. The van der Waals surface area contributed by atoms with Gasteiger partial charge in [0.2, 0.25) is 0 Å². The highest BCUT2D eigenvalue weighted by atomic mass is 32.1. The van der Waals surface area contributed by atoms with Gasteiger partial charge in [-0.2, -0.15) is 0 Å². The molecule has 4 aliphatic rings. The Morgan fingerprint density at radius 2 is 1.90 bits per heavy atom. The maximum atomic E-state index is 13.1. The lowest BCUT2D eigenvalue weighted by molar-refractivity contribution is -0.167. The molecule has 108 valence electrons. The Kier molecular flexibility index (Phi) is 2.59. The number of carbonyl (C=O) groups excluding carboxylic acids is 1. The van der Waals surface area contributed by atoms with Crippen molar-refractivity contribution in [3.05, 3.63) is 22.4 Å². The van der Waals surface area contributed by atoms with E-state index in [1.54, 1.807) is 11.3 Å². The molecule has 4 fully saturated rings. The van der Waals surface area contributed by atoms with Gasteiger partial charge < -0.3 is 0 Å². The number of rotatable bonds is 3. The van der Waals surface area contributed by atoms with E-state index in [0.29, 0.717) is 23.0 Å². The van der Waals surface area contributed by atoms with Gasteiger partial charge in [0.1, 0.15) is 5.78 Å². The van der Waals surface area contributed by atoms with E-state index in [1.165, 1.54) is 30.6 Å². The van der Waals surface area contributed by atoms with Crippen molar-refractivity contribution in [2.75, 3.05) is 0 Å². The van der Waals surface area contributed by atoms with Crippen LogP contribution in [-0.4, -0.2) is 5.78 Å². The quantitative estimate of drug-likeness (QED) is 0.776. The molecule has 5 rings (SSSR count). The van der Waals surface area contributed by atoms with E-state index >= 15 is 0 Å². The van der Waals surface area contributed by atoms with Crippen LogP contribution in [0, 0.1) is 22.2 Å². The Balaban J connectivity index is 1.65. The van der Waals surface area contributed by atoms with E-state index in [2.05, 4.69) is 31.4 Å². The van der Waals surface area contributed by atoms with Crippen LogP contribution < -0.4 is 0 Å². The fourth-order valence-electron chi connectivity index (χ4n) is 6.52. The molecule has 4 bridgehead atoms. The zero-order chi connectivity index (χ0) is 14.0. The first kappa shape index (κ1) is 13.1. The summed E-state index contributed by atoms with van der Waals surface area (Å²) in [4.78, 5) is 14.3. The fourth-order valence-corrected chi connectivity index (χ4v) is 7.22. The molecule has 2 atom stereocenters. The summed E-state index contributed by atoms with van der Waals surface area (Å²) in [5.41, 5.74) is 0.908. The molecular formula is C18H24OS. The molecular weight excluding hydrogens is 264 g/mol. The highest BCUT2D eigenvalue weighted by Crippen LogP contribution is 2.69. The highest BCUT2D eigenvalue weighted by molar-refractivity contribution is 7.10. The number of hydrogen-bond donors (Lipinski definition) is 0. The average Bonchev–Trinajstić information content (AvgIpc) is 2.76. The van der Waals surface area contributed by atoms with Crippen LogP contribution in [0.4, 0.5) is 0 Å². The van der Waals surface area contributed by atoms with Crippen molar-refractivity contribution in [2.45, 2.75) is 58.8 Å². The van der Waals surface area contributed by atoms with Crippen molar-refractivity contribution in [1.82, 2.24) is 0 Å². The number of ketones is 1. The number of hydrogen-bond acceptors (Lipinski definition) is 2. The van der Waals surface area contributed by atoms with Crippen molar-refractivity contribution in [1.29, 1.82) is 0 Å². The van der Waals surface area contributed by atoms with E-state index in [-0.39, 0.29) is 5.41 Å². The SMILES string of the molecule is CC12CC3CC(C)(C1)CC(C(=O)Cc1cccs1)(C3)C2. The van der Waals surface area contributed by atoms with Crippen molar-refractivity contribution < 1.29 is 4.79 Å². The van der Waals surface area contributed by atoms with E-state index in [4.69, 9.17) is 0 Å². The average molecular weight is 288 g/mol. The van der Waals surface area contributed by atoms with Gasteiger partial charge in [0.25, 0.3) is 0 Å². The molecule has 0 amide bonds. The predicted molar refractivity (Wildman–Crippen MR) is 82.9 cm³/mol. The lowest BCUT2D eigenvalue weighted by Crippen LogP contribution is -2.57. The zero-order valence-electron chi connectivity index (χ0n) is 12.6. The Morgan fingerprint density at radius 1 is 1.20 bits per heavy atom. The third-order valence-corrected chi connectivity index (χ3v) is 7.01. The van der Waals surface area contributed by atoms with Gasteiger partial charge in [-0.25, -0.2) is 0 Å². The number of carbonyl (C=O) groups is 1. The number of thiophene rings is 1. The summed E-state index contributed by atoms with van der Waals surface area (Å²) in [6.07, 6.45) is 8.28. The normalized spacial score (nSPS) is 45.8. The highest BCUT2D eigenvalue weighted by Gasteiger charge is 2.62. The minimum Gasteiger partial charge on any atom is -0.299 e. The van der Waals surface area contributed by atoms with E-state index in [1.807, 2.05) is 0 Å². The Bertz CT molecular complexity index is 526. The minimum atomic E-state index is 0.0207. The summed E-state index contributed by atoms with van der Waals surface area (Å²) in [6.45, 7) is 4.89. The molecule has 1 nitrogen and oxygen atoms in total. The van der Waals surface area contributed by atoms with E-state index in [0.717, 1.165) is 18.8 Å². The summed E-state index contributed by atoms with van der Waals surface area (Å²) in [5.74, 6) is 1.36.